The summed E-state index contributed by atoms with van der Waals surface area (Å²) in [6.45, 7) is 0.327. The van der Waals surface area contributed by atoms with Gasteiger partial charge in [-0.1, -0.05) is 30.3 Å². The van der Waals surface area contributed by atoms with Crippen LogP contribution in [0.5, 0.6) is 0 Å². The number of thiophene rings is 1. The third-order valence-corrected chi connectivity index (χ3v) is 4.45. The number of ketones is 1. The fraction of sp³-hybridized carbons (Fsp3) is 0.154. The molecule has 1 aromatic carbocycles. The zero-order valence-electron chi connectivity index (χ0n) is 9.10. The van der Waals surface area contributed by atoms with E-state index in [1.807, 2.05) is 41.8 Å². The van der Waals surface area contributed by atoms with Gasteiger partial charge in [-0.15, -0.1) is 11.3 Å². The molecular formula is C13H12BrNOS. The van der Waals surface area contributed by atoms with E-state index in [0.717, 1.165) is 14.9 Å². The van der Waals surface area contributed by atoms with Crippen molar-refractivity contribution in [1.82, 2.24) is 0 Å². The van der Waals surface area contributed by atoms with E-state index in [9.17, 15) is 4.79 Å². The number of hydrogen-bond acceptors (Lipinski definition) is 3. The molecule has 1 heterocycles. The van der Waals surface area contributed by atoms with Gasteiger partial charge in [-0.25, -0.2) is 0 Å². The number of benzene rings is 1. The molecule has 2 rings (SSSR count). The SMILES string of the molecule is NCC(C(=O)c1sccc1Br)c1ccccc1. The monoisotopic (exact) mass is 309 g/mol. The lowest BCUT2D eigenvalue weighted by atomic mass is 9.94. The van der Waals surface area contributed by atoms with Gasteiger partial charge in [0.15, 0.2) is 5.78 Å². The van der Waals surface area contributed by atoms with Crippen LogP contribution in [0.25, 0.3) is 0 Å². The first-order valence-electron chi connectivity index (χ1n) is 5.26. The van der Waals surface area contributed by atoms with Crippen molar-refractivity contribution < 1.29 is 4.79 Å². The van der Waals surface area contributed by atoms with Crippen molar-refractivity contribution in [2.75, 3.05) is 6.54 Å². The third kappa shape index (κ3) is 2.65. The van der Waals surface area contributed by atoms with E-state index in [1.165, 1.54) is 11.3 Å². The van der Waals surface area contributed by atoms with Gasteiger partial charge in [0, 0.05) is 11.0 Å². The predicted octanol–water partition coefficient (Wildman–Crippen LogP) is 3.44. The topological polar surface area (TPSA) is 43.1 Å². The van der Waals surface area contributed by atoms with E-state index in [-0.39, 0.29) is 11.7 Å². The quantitative estimate of drug-likeness (QED) is 0.879. The molecule has 1 unspecified atom stereocenters. The van der Waals surface area contributed by atoms with Crippen LogP contribution in [0.2, 0.25) is 0 Å². The van der Waals surface area contributed by atoms with Gasteiger partial charge in [-0.05, 0) is 32.9 Å². The molecule has 0 saturated carbocycles. The molecule has 0 amide bonds. The smallest absolute Gasteiger partial charge is 0.182 e. The summed E-state index contributed by atoms with van der Waals surface area (Å²) < 4.78 is 0.849. The van der Waals surface area contributed by atoms with Crippen LogP contribution in [0.1, 0.15) is 21.2 Å². The van der Waals surface area contributed by atoms with Crippen LogP contribution in [0.15, 0.2) is 46.3 Å². The van der Waals surface area contributed by atoms with Crippen molar-refractivity contribution in [1.29, 1.82) is 0 Å². The lowest BCUT2D eigenvalue weighted by molar-refractivity contribution is 0.0965. The number of carbonyl (C=O) groups excluding carboxylic acids is 1. The second-order valence-electron chi connectivity index (χ2n) is 3.66. The molecule has 4 heteroatoms. The summed E-state index contributed by atoms with van der Waals surface area (Å²) in [7, 11) is 0. The first-order valence-corrected chi connectivity index (χ1v) is 6.93. The zero-order chi connectivity index (χ0) is 12.3. The molecule has 0 bridgehead atoms. The van der Waals surface area contributed by atoms with E-state index in [0.29, 0.717) is 6.54 Å². The molecule has 2 nitrogen and oxygen atoms in total. The van der Waals surface area contributed by atoms with Crippen LogP contribution in [0.3, 0.4) is 0 Å². The highest BCUT2D eigenvalue weighted by Gasteiger charge is 2.23. The molecule has 0 aliphatic carbocycles. The zero-order valence-corrected chi connectivity index (χ0v) is 11.5. The number of nitrogens with two attached hydrogens (primary N) is 1. The Bertz CT molecular complexity index is 509. The first kappa shape index (κ1) is 12.5. The van der Waals surface area contributed by atoms with Crippen LogP contribution in [0, 0.1) is 0 Å². The molecule has 17 heavy (non-hydrogen) atoms. The fourth-order valence-corrected chi connectivity index (χ4v) is 3.27. The molecule has 0 radical (unpaired) electrons. The molecule has 2 N–H and O–H groups in total. The highest BCUT2D eigenvalue weighted by molar-refractivity contribution is 9.10. The molecule has 0 fully saturated rings. The largest absolute Gasteiger partial charge is 0.329 e. The molecule has 1 aromatic heterocycles. The summed E-state index contributed by atoms with van der Waals surface area (Å²) in [6.07, 6.45) is 0. The average Bonchev–Trinajstić information content (AvgIpc) is 2.77. The predicted molar refractivity (Wildman–Crippen MR) is 74.6 cm³/mol. The van der Waals surface area contributed by atoms with Gasteiger partial charge in [0.2, 0.25) is 0 Å². The van der Waals surface area contributed by atoms with Gasteiger partial charge in [-0.3, -0.25) is 4.79 Å². The maximum atomic E-state index is 12.4. The second-order valence-corrected chi connectivity index (χ2v) is 5.43. The lowest BCUT2D eigenvalue weighted by Crippen LogP contribution is -2.21. The van der Waals surface area contributed by atoms with Crippen molar-refractivity contribution in [3.05, 3.63) is 56.7 Å². The van der Waals surface area contributed by atoms with Crippen LogP contribution in [-0.4, -0.2) is 12.3 Å². The van der Waals surface area contributed by atoms with Gasteiger partial charge < -0.3 is 5.73 Å². The molecule has 88 valence electrons. The summed E-state index contributed by atoms with van der Waals surface area (Å²) in [5.41, 5.74) is 6.70. The van der Waals surface area contributed by atoms with E-state index < -0.39 is 0 Å². The first-order chi connectivity index (χ1) is 8.24. The maximum Gasteiger partial charge on any atom is 0.182 e. The number of Topliss-reactive ketones (excluding diaryl/α,β-unsaturated/α-hetero) is 1. The minimum Gasteiger partial charge on any atom is -0.329 e. The standard InChI is InChI=1S/C13H12BrNOS/c14-11-6-7-17-13(11)12(16)10(8-15)9-4-2-1-3-5-9/h1-7,10H,8,15H2. The van der Waals surface area contributed by atoms with Crippen molar-refractivity contribution in [2.45, 2.75) is 5.92 Å². The number of halogens is 1. The Balaban J connectivity index is 2.32. The molecule has 0 aliphatic heterocycles. The van der Waals surface area contributed by atoms with Gasteiger partial charge in [0.1, 0.15) is 0 Å². The maximum absolute atomic E-state index is 12.4. The Morgan fingerprint density at radius 2 is 2.00 bits per heavy atom. The van der Waals surface area contributed by atoms with Crippen molar-refractivity contribution in [3.63, 3.8) is 0 Å². The van der Waals surface area contributed by atoms with Crippen molar-refractivity contribution in [2.24, 2.45) is 5.73 Å². The Morgan fingerprint density at radius 1 is 1.29 bits per heavy atom. The Kier molecular flexibility index (Phi) is 4.10. The Morgan fingerprint density at radius 3 is 2.53 bits per heavy atom. The van der Waals surface area contributed by atoms with Crippen molar-refractivity contribution >= 4 is 33.0 Å². The van der Waals surface area contributed by atoms with Crippen LogP contribution in [-0.2, 0) is 0 Å². The van der Waals surface area contributed by atoms with Gasteiger partial charge in [0.25, 0.3) is 0 Å². The number of rotatable bonds is 4. The second kappa shape index (κ2) is 5.58. The van der Waals surface area contributed by atoms with E-state index in [1.54, 1.807) is 0 Å². The minimum atomic E-state index is -0.258. The van der Waals surface area contributed by atoms with Gasteiger partial charge >= 0.3 is 0 Å². The molecule has 0 saturated heterocycles. The summed E-state index contributed by atoms with van der Waals surface area (Å²) in [5.74, 6) is -0.174. The molecule has 1 atom stereocenters. The molecule has 0 aliphatic rings. The van der Waals surface area contributed by atoms with E-state index in [2.05, 4.69) is 15.9 Å². The summed E-state index contributed by atoms with van der Waals surface area (Å²) in [6, 6.07) is 11.6. The fourth-order valence-electron chi connectivity index (χ4n) is 1.71. The Labute approximate surface area is 113 Å². The van der Waals surface area contributed by atoms with Gasteiger partial charge in [-0.2, -0.15) is 0 Å². The third-order valence-electron chi connectivity index (χ3n) is 2.60. The number of carbonyl (C=O) groups is 1. The Hall–Kier alpha value is -0.970. The van der Waals surface area contributed by atoms with Gasteiger partial charge in [0.05, 0.1) is 10.8 Å². The number of hydrogen-bond donors (Lipinski definition) is 1. The summed E-state index contributed by atoms with van der Waals surface area (Å²) in [4.78, 5) is 13.1. The van der Waals surface area contributed by atoms with Crippen molar-refractivity contribution in [3.8, 4) is 0 Å². The highest BCUT2D eigenvalue weighted by Crippen LogP contribution is 2.28. The average molecular weight is 310 g/mol. The summed E-state index contributed by atoms with van der Waals surface area (Å²) in [5, 5.41) is 1.90. The lowest BCUT2D eigenvalue weighted by Gasteiger charge is -2.13. The van der Waals surface area contributed by atoms with Crippen LogP contribution >= 0.6 is 27.3 Å². The van der Waals surface area contributed by atoms with E-state index in [4.69, 9.17) is 5.73 Å². The molecule has 2 aromatic rings. The van der Waals surface area contributed by atoms with E-state index >= 15 is 0 Å². The molecule has 0 spiro atoms. The minimum absolute atomic E-state index is 0.0839. The summed E-state index contributed by atoms with van der Waals surface area (Å²) >= 11 is 4.83. The van der Waals surface area contributed by atoms with Crippen LogP contribution in [0.4, 0.5) is 0 Å². The van der Waals surface area contributed by atoms with Crippen LogP contribution < -0.4 is 5.73 Å². The normalized spacial score (nSPS) is 12.4. The highest BCUT2D eigenvalue weighted by atomic mass is 79.9. The molecular weight excluding hydrogens is 298 g/mol.